The molecular formula is C24H27ClN3O4S2+. The van der Waals surface area contributed by atoms with Crippen molar-refractivity contribution in [1.82, 2.24) is 9.05 Å². The van der Waals surface area contributed by atoms with E-state index in [2.05, 4.69) is 4.99 Å². The van der Waals surface area contributed by atoms with E-state index in [-0.39, 0.29) is 27.5 Å². The summed E-state index contributed by atoms with van der Waals surface area (Å²) in [6.07, 6.45) is 3.32. The predicted octanol–water partition coefficient (Wildman–Crippen LogP) is 4.12. The van der Waals surface area contributed by atoms with Gasteiger partial charge in [0.1, 0.15) is 0 Å². The van der Waals surface area contributed by atoms with Crippen molar-refractivity contribution >= 4 is 60.7 Å². The van der Waals surface area contributed by atoms with Crippen LogP contribution in [0.5, 0.6) is 0 Å². The molecule has 0 N–H and O–H groups in total. The van der Waals surface area contributed by atoms with E-state index in [1.165, 1.54) is 11.3 Å². The number of piperidine rings is 1. The zero-order chi connectivity index (χ0) is 24.5. The lowest BCUT2D eigenvalue weighted by Gasteiger charge is -2.37. The van der Waals surface area contributed by atoms with Gasteiger partial charge in [-0.3, -0.25) is 9.79 Å². The highest BCUT2D eigenvalue weighted by atomic mass is 35.5. The minimum absolute atomic E-state index is 0.00778. The van der Waals surface area contributed by atoms with E-state index < -0.39 is 9.84 Å². The first-order chi connectivity index (χ1) is 16.2. The highest BCUT2D eigenvalue weighted by molar-refractivity contribution is 7.91. The molecule has 4 rings (SSSR count). The Hall–Kier alpha value is -2.33. The number of fused-ring (bicyclic) bond motifs is 1. The molecule has 0 spiro atoms. The second-order valence-electron chi connectivity index (χ2n) is 8.57. The number of sulfone groups is 1. The normalized spacial score (nSPS) is 16.6. The Morgan fingerprint density at radius 1 is 1.15 bits per heavy atom. The average molecular weight is 521 g/mol. The number of aromatic nitrogens is 1. The van der Waals surface area contributed by atoms with Gasteiger partial charge in [-0.05, 0) is 65.6 Å². The second kappa shape index (κ2) is 9.73. The summed E-state index contributed by atoms with van der Waals surface area (Å²) in [4.78, 5) is 30.7. The number of thiazole rings is 1. The maximum absolute atomic E-state index is 13.7. The van der Waals surface area contributed by atoms with Gasteiger partial charge in [-0.1, -0.05) is 23.7 Å². The average Bonchev–Trinajstić information content (AvgIpc) is 3.18. The number of hydrogen-bond donors (Lipinski definition) is 0. The van der Waals surface area contributed by atoms with Crippen LogP contribution in [0.2, 0.25) is 5.02 Å². The smallest absolute Gasteiger partial charge is 0.312 e. The summed E-state index contributed by atoms with van der Waals surface area (Å²) in [6, 6.07) is 10.2. The molecule has 0 saturated carbocycles. The number of likely N-dealkylation sites (tertiary alicyclic amines) is 1. The van der Waals surface area contributed by atoms with Crippen LogP contribution in [0, 0.1) is 0 Å². The van der Waals surface area contributed by atoms with E-state index in [1.54, 1.807) is 55.1 Å². The highest BCUT2D eigenvalue weighted by Crippen LogP contribution is 2.35. The Morgan fingerprint density at radius 2 is 1.82 bits per heavy atom. The minimum Gasteiger partial charge on any atom is -0.312 e. The quantitative estimate of drug-likeness (QED) is 0.361. The fraction of sp³-hybridized carbons (Fsp3) is 0.375. The maximum atomic E-state index is 13.7. The number of carbonyl (C=O) groups excluding carboxylic acids is 2. The van der Waals surface area contributed by atoms with Crippen LogP contribution < -0.4 is 9.28 Å². The van der Waals surface area contributed by atoms with Crippen LogP contribution in [-0.2, 0) is 21.7 Å². The van der Waals surface area contributed by atoms with E-state index in [4.69, 9.17) is 11.6 Å². The Morgan fingerprint density at radius 3 is 2.50 bits per heavy atom. The molecular weight excluding hydrogens is 494 g/mol. The van der Waals surface area contributed by atoms with Crippen molar-refractivity contribution in [2.24, 2.45) is 12.0 Å². The molecule has 10 heteroatoms. The van der Waals surface area contributed by atoms with Gasteiger partial charge in [0.15, 0.2) is 26.6 Å². The van der Waals surface area contributed by atoms with Crippen molar-refractivity contribution in [2.75, 3.05) is 25.9 Å². The minimum atomic E-state index is -3.68. The number of hydrogen-bond acceptors (Lipinski definition) is 6. The van der Waals surface area contributed by atoms with Crippen molar-refractivity contribution in [3.8, 4) is 0 Å². The van der Waals surface area contributed by atoms with E-state index in [0.717, 1.165) is 36.3 Å². The van der Waals surface area contributed by atoms with Gasteiger partial charge in [-0.25, -0.2) is 17.7 Å². The van der Waals surface area contributed by atoms with Gasteiger partial charge in [0.2, 0.25) is 5.00 Å². The van der Waals surface area contributed by atoms with Gasteiger partial charge < -0.3 is 4.57 Å². The lowest BCUT2D eigenvalue weighted by Crippen LogP contribution is -2.57. The molecule has 34 heavy (non-hydrogen) atoms. The summed E-state index contributed by atoms with van der Waals surface area (Å²) >= 11 is 7.36. The summed E-state index contributed by atoms with van der Waals surface area (Å²) in [7, 11) is -0.274. The topological polar surface area (TPSA) is 85.6 Å². The predicted molar refractivity (Wildman–Crippen MR) is 136 cm³/mol. The van der Waals surface area contributed by atoms with E-state index in [1.807, 2.05) is 0 Å². The van der Waals surface area contributed by atoms with Crippen molar-refractivity contribution in [2.45, 2.75) is 30.6 Å². The third kappa shape index (κ3) is 4.49. The molecule has 2 heterocycles. The number of aldehydes is 1. The number of nitrogens with zero attached hydrogens (tertiary/aromatic N) is 3. The SMILES string of the molecule is C/N=c1\sc([N+]2(C(=O)CCS(=O)(=O)c3ccc4cc(Cl)ccc4c3)CCCCC2)c(C=O)n1C. The molecule has 1 aliphatic rings. The zero-order valence-electron chi connectivity index (χ0n) is 19.2. The molecule has 0 unspecified atom stereocenters. The first kappa shape index (κ1) is 24.8. The summed E-state index contributed by atoms with van der Waals surface area (Å²) in [5, 5.41) is 2.86. The molecule has 3 aromatic rings. The molecule has 1 saturated heterocycles. The molecule has 1 aliphatic heterocycles. The standard InChI is InChI=1S/C24H27ClN3O4S2/c1-26-24-27(2)21(16-29)23(33-24)28(11-4-3-5-12-28)22(30)10-13-34(31,32)20-9-7-17-14-19(25)8-6-18(17)15-20/h6-9,14-16H,3-5,10-13H2,1-2H3/q+1/b26-24-. The van der Waals surface area contributed by atoms with Gasteiger partial charge >= 0.3 is 5.91 Å². The Kier molecular flexibility index (Phi) is 7.09. The molecule has 1 aromatic heterocycles. The number of halogens is 1. The van der Waals surface area contributed by atoms with Crippen LogP contribution in [0.4, 0.5) is 5.00 Å². The van der Waals surface area contributed by atoms with Crippen LogP contribution in [0.3, 0.4) is 0 Å². The molecule has 1 fully saturated rings. The lowest BCUT2D eigenvalue weighted by molar-refractivity contribution is -0.130. The Labute approximate surface area is 207 Å². The van der Waals surface area contributed by atoms with E-state index >= 15 is 0 Å². The molecule has 0 aliphatic carbocycles. The zero-order valence-corrected chi connectivity index (χ0v) is 21.5. The van der Waals surface area contributed by atoms with Crippen molar-refractivity contribution in [1.29, 1.82) is 0 Å². The fourth-order valence-corrected chi connectivity index (χ4v) is 7.33. The number of carbonyl (C=O) groups is 2. The monoisotopic (exact) mass is 520 g/mol. The maximum Gasteiger partial charge on any atom is 0.320 e. The van der Waals surface area contributed by atoms with Crippen molar-refractivity contribution in [3.63, 3.8) is 0 Å². The lowest BCUT2D eigenvalue weighted by atomic mass is 10.1. The molecule has 2 aromatic carbocycles. The van der Waals surface area contributed by atoms with Gasteiger partial charge in [0, 0.05) is 19.1 Å². The summed E-state index contributed by atoms with van der Waals surface area (Å²) in [6.45, 7) is 1.11. The van der Waals surface area contributed by atoms with Crippen LogP contribution in [0.15, 0.2) is 46.3 Å². The molecule has 0 atom stereocenters. The van der Waals surface area contributed by atoms with E-state index in [9.17, 15) is 18.0 Å². The summed E-state index contributed by atoms with van der Waals surface area (Å²) < 4.78 is 28.0. The van der Waals surface area contributed by atoms with Crippen LogP contribution in [-0.4, -0.2) is 51.1 Å². The molecule has 0 bridgehead atoms. The fourth-order valence-electron chi connectivity index (χ4n) is 4.64. The van der Waals surface area contributed by atoms with Gasteiger partial charge in [-0.2, -0.15) is 0 Å². The first-order valence-corrected chi connectivity index (χ1v) is 14.0. The first-order valence-electron chi connectivity index (χ1n) is 11.1. The van der Waals surface area contributed by atoms with Crippen LogP contribution in [0.25, 0.3) is 10.8 Å². The third-order valence-corrected chi connectivity index (χ3v) is 9.86. The molecule has 180 valence electrons. The molecule has 1 amide bonds. The highest BCUT2D eigenvalue weighted by Gasteiger charge is 2.44. The number of rotatable bonds is 6. The Balaban J connectivity index is 1.64. The number of amides is 1. The van der Waals surface area contributed by atoms with Crippen molar-refractivity contribution < 1.29 is 18.0 Å². The van der Waals surface area contributed by atoms with Crippen molar-refractivity contribution in [3.05, 3.63) is 51.9 Å². The molecule has 7 nitrogen and oxygen atoms in total. The molecule has 0 radical (unpaired) electrons. The van der Waals surface area contributed by atoms with Crippen LogP contribution >= 0.6 is 22.9 Å². The summed E-state index contributed by atoms with van der Waals surface area (Å²) in [5.74, 6) is -0.465. The van der Waals surface area contributed by atoms with Crippen LogP contribution in [0.1, 0.15) is 36.2 Å². The summed E-state index contributed by atoms with van der Waals surface area (Å²) in [5.41, 5.74) is 0.428. The largest absolute Gasteiger partial charge is 0.320 e. The van der Waals surface area contributed by atoms with Gasteiger partial charge in [0.05, 0.1) is 30.2 Å². The second-order valence-corrected chi connectivity index (χ2v) is 12.1. The van der Waals surface area contributed by atoms with Gasteiger partial charge in [-0.15, -0.1) is 0 Å². The number of benzene rings is 2. The van der Waals surface area contributed by atoms with E-state index in [0.29, 0.717) is 33.6 Å². The van der Waals surface area contributed by atoms with Gasteiger partial charge in [0.25, 0.3) is 0 Å². The Bertz CT molecular complexity index is 1430. The third-order valence-electron chi connectivity index (χ3n) is 6.52. The number of quaternary nitrogens is 1.